The number of hydrogen-bond donors (Lipinski definition) is 0. The van der Waals surface area contributed by atoms with Gasteiger partial charge in [0.1, 0.15) is 11.5 Å². The third-order valence-electron chi connectivity index (χ3n) is 8.70. The van der Waals surface area contributed by atoms with Gasteiger partial charge in [0.2, 0.25) is 0 Å². The van der Waals surface area contributed by atoms with Crippen LogP contribution in [0.2, 0.25) is 0 Å². The van der Waals surface area contributed by atoms with Crippen molar-refractivity contribution in [3.05, 3.63) is 158 Å². The number of fused-ring (bicyclic) bond motifs is 3. The van der Waals surface area contributed by atoms with Crippen molar-refractivity contribution >= 4 is 21.5 Å². The maximum atomic E-state index is 6.51. The van der Waals surface area contributed by atoms with Crippen LogP contribution in [0.4, 0.5) is 0 Å². The van der Waals surface area contributed by atoms with Crippen LogP contribution in [0.25, 0.3) is 77.7 Å². The monoisotopic (exact) mass is 574 g/mol. The molecule has 0 saturated heterocycles. The fraction of sp³-hybridized carbons (Fsp3) is 0. The van der Waals surface area contributed by atoms with Crippen molar-refractivity contribution in [2.75, 3.05) is 0 Å². The molecule has 0 spiro atoms. The summed E-state index contributed by atoms with van der Waals surface area (Å²) in [6, 6.07) is 54.9. The lowest BCUT2D eigenvalue weighted by Crippen LogP contribution is -1.98. The molecule has 45 heavy (non-hydrogen) atoms. The van der Waals surface area contributed by atoms with Gasteiger partial charge in [-0.25, -0.2) is 9.97 Å². The molecular formula is C42H26N2O. The summed E-state index contributed by atoms with van der Waals surface area (Å²) >= 11 is 0. The van der Waals surface area contributed by atoms with Crippen LogP contribution in [0.1, 0.15) is 0 Å². The average Bonchev–Trinajstić information content (AvgIpc) is 3.12. The van der Waals surface area contributed by atoms with Gasteiger partial charge in [0.25, 0.3) is 0 Å². The summed E-state index contributed by atoms with van der Waals surface area (Å²) in [5.74, 6) is 2.49. The lowest BCUT2D eigenvalue weighted by Gasteiger charge is -2.22. The lowest BCUT2D eigenvalue weighted by molar-refractivity contribution is 0.487. The van der Waals surface area contributed by atoms with Crippen LogP contribution in [-0.2, 0) is 0 Å². The highest BCUT2D eigenvalue weighted by molar-refractivity contribution is 6.07. The Bertz CT molecular complexity index is 2330. The highest BCUT2D eigenvalue weighted by Gasteiger charge is 2.21. The number of hydrogen-bond acceptors (Lipinski definition) is 3. The Morgan fingerprint density at radius 3 is 1.82 bits per heavy atom. The minimum Gasteiger partial charge on any atom is -0.456 e. The number of ether oxygens (including phenoxy) is 1. The molecule has 1 aliphatic rings. The molecule has 0 unspecified atom stereocenters. The van der Waals surface area contributed by atoms with Gasteiger partial charge in [-0.2, -0.15) is 0 Å². The van der Waals surface area contributed by atoms with E-state index < -0.39 is 0 Å². The molecule has 0 N–H and O–H groups in total. The molecule has 0 amide bonds. The van der Waals surface area contributed by atoms with E-state index in [2.05, 4.69) is 121 Å². The quantitative estimate of drug-likeness (QED) is 0.210. The summed E-state index contributed by atoms with van der Waals surface area (Å²) in [7, 11) is 0. The molecule has 0 aliphatic carbocycles. The molecule has 8 aromatic rings. The van der Waals surface area contributed by atoms with Crippen LogP contribution < -0.4 is 4.74 Å². The van der Waals surface area contributed by atoms with Crippen LogP contribution in [0.3, 0.4) is 0 Å². The number of rotatable bonds is 4. The van der Waals surface area contributed by atoms with Crippen molar-refractivity contribution in [1.82, 2.24) is 9.97 Å². The molecule has 1 aliphatic heterocycles. The van der Waals surface area contributed by atoms with Gasteiger partial charge in [0, 0.05) is 27.6 Å². The summed E-state index contributed by atoms with van der Waals surface area (Å²) in [6.45, 7) is 0. The van der Waals surface area contributed by atoms with Crippen molar-refractivity contribution in [2.45, 2.75) is 0 Å². The number of benzene rings is 7. The fourth-order valence-electron chi connectivity index (χ4n) is 6.56. The summed E-state index contributed by atoms with van der Waals surface area (Å²) < 4.78 is 6.51. The molecule has 9 rings (SSSR count). The molecule has 2 heterocycles. The van der Waals surface area contributed by atoms with E-state index in [-0.39, 0.29) is 0 Å². The van der Waals surface area contributed by atoms with E-state index in [4.69, 9.17) is 14.7 Å². The Balaban J connectivity index is 1.20. The molecule has 3 nitrogen and oxygen atoms in total. The highest BCUT2D eigenvalue weighted by Crippen LogP contribution is 2.48. The average molecular weight is 575 g/mol. The van der Waals surface area contributed by atoms with Gasteiger partial charge in [0.05, 0.1) is 11.4 Å². The lowest BCUT2D eigenvalue weighted by atomic mass is 9.90. The van der Waals surface area contributed by atoms with Crippen LogP contribution in [0.5, 0.6) is 11.5 Å². The third-order valence-corrected chi connectivity index (χ3v) is 8.70. The van der Waals surface area contributed by atoms with Crippen LogP contribution in [0, 0.1) is 0 Å². The normalized spacial score (nSPS) is 11.7. The summed E-state index contributed by atoms with van der Waals surface area (Å²) in [5.41, 5.74) is 9.50. The summed E-state index contributed by atoms with van der Waals surface area (Å²) in [5, 5.41) is 4.66. The topological polar surface area (TPSA) is 35.0 Å². The third kappa shape index (κ3) is 4.29. The largest absolute Gasteiger partial charge is 0.456 e. The molecule has 210 valence electrons. The highest BCUT2D eigenvalue weighted by atomic mass is 16.5. The van der Waals surface area contributed by atoms with Gasteiger partial charge in [-0.3, -0.25) is 0 Å². The second-order valence-electron chi connectivity index (χ2n) is 11.4. The minimum absolute atomic E-state index is 0.710. The summed E-state index contributed by atoms with van der Waals surface area (Å²) in [4.78, 5) is 10.1. The van der Waals surface area contributed by atoms with E-state index in [1.807, 2.05) is 36.4 Å². The Hall–Kier alpha value is -6.06. The maximum Gasteiger partial charge on any atom is 0.160 e. The van der Waals surface area contributed by atoms with E-state index in [1.54, 1.807) is 0 Å². The zero-order valence-corrected chi connectivity index (χ0v) is 24.3. The molecule has 0 saturated carbocycles. The molecule has 0 fully saturated rings. The van der Waals surface area contributed by atoms with Crippen molar-refractivity contribution in [3.63, 3.8) is 0 Å². The van der Waals surface area contributed by atoms with Crippen LogP contribution in [0.15, 0.2) is 158 Å². The Morgan fingerprint density at radius 2 is 1.02 bits per heavy atom. The predicted octanol–water partition coefficient (Wildman–Crippen LogP) is 11.2. The van der Waals surface area contributed by atoms with Gasteiger partial charge < -0.3 is 4.74 Å². The molecule has 0 bridgehead atoms. The van der Waals surface area contributed by atoms with Crippen LogP contribution >= 0.6 is 0 Å². The van der Waals surface area contributed by atoms with E-state index in [0.29, 0.717) is 5.82 Å². The van der Waals surface area contributed by atoms with Crippen molar-refractivity contribution in [3.8, 4) is 67.7 Å². The maximum absolute atomic E-state index is 6.51. The Labute approximate surface area is 261 Å². The molecular weight excluding hydrogens is 548 g/mol. The van der Waals surface area contributed by atoms with E-state index in [0.717, 1.165) is 67.0 Å². The SMILES string of the molecule is c1ccc(-c2cc(-c3ccc(-c4ccc5c(c4)Oc4cccc6cccc-5c46)c4ccccc34)nc(-c3ccccc3)n2)cc1. The van der Waals surface area contributed by atoms with Gasteiger partial charge in [-0.05, 0) is 57.1 Å². The summed E-state index contributed by atoms with van der Waals surface area (Å²) in [6.07, 6.45) is 0. The predicted molar refractivity (Wildman–Crippen MR) is 184 cm³/mol. The zero-order valence-electron chi connectivity index (χ0n) is 24.3. The Morgan fingerprint density at radius 1 is 0.378 bits per heavy atom. The molecule has 0 radical (unpaired) electrons. The zero-order chi connectivity index (χ0) is 29.7. The van der Waals surface area contributed by atoms with E-state index >= 15 is 0 Å². The number of nitrogens with zero attached hydrogens (tertiary/aromatic N) is 2. The molecule has 7 aromatic carbocycles. The molecule has 0 atom stereocenters. The van der Waals surface area contributed by atoms with E-state index in [1.165, 1.54) is 16.3 Å². The van der Waals surface area contributed by atoms with Gasteiger partial charge in [0.15, 0.2) is 5.82 Å². The van der Waals surface area contributed by atoms with Crippen molar-refractivity contribution < 1.29 is 4.74 Å². The second kappa shape index (κ2) is 10.3. The van der Waals surface area contributed by atoms with Gasteiger partial charge in [-0.1, -0.05) is 133 Å². The second-order valence-corrected chi connectivity index (χ2v) is 11.4. The molecule has 3 heteroatoms. The minimum atomic E-state index is 0.710. The first-order chi connectivity index (χ1) is 22.3. The van der Waals surface area contributed by atoms with Gasteiger partial charge >= 0.3 is 0 Å². The first-order valence-corrected chi connectivity index (χ1v) is 15.2. The Kier molecular flexibility index (Phi) is 5.82. The van der Waals surface area contributed by atoms with E-state index in [9.17, 15) is 0 Å². The van der Waals surface area contributed by atoms with Crippen molar-refractivity contribution in [1.29, 1.82) is 0 Å². The van der Waals surface area contributed by atoms with Gasteiger partial charge in [-0.15, -0.1) is 0 Å². The smallest absolute Gasteiger partial charge is 0.160 e. The standard InChI is InChI=1S/C42H26N2O/c1-3-11-27(12-4-1)37-26-38(44-42(43-37)29-13-5-2-6-14-29)34-24-23-31(32-17-7-8-18-33(32)34)30-21-22-35-36-19-9-15-28-16-10-20-39(41(28)36)45-40(35)25-30/h1-26H. The molecule has 1 aromatic heterocycles. The first-order valence-electron chi connectivity index (χ1n) is 15.2. The fourth-order valence-corrected chi connectivity index (χ4v) is 6.56. The van der Waals surface area contributed by atoms with Crippen molar-refractivity contribution in [2.24, 2.45) is 0 Å². The first kappa shape index (κ1) is 25.4. The van der Waals surface area contributed by atoms with Crippen LogP contribution in [-0.4, -0.2) is 9.97 Å². The number of aromatic nitrogens is 2.